The van der Waals surface area contributed by atoms with Crippen LogP contribution in [0.4, 0.5) is 0 Å². The lowest BCUT2D eigenvalue weighted by atomic mass is 9.89. The number of hydrogen-bond acceptors (Lipinski definition) is 5. The van der Waals surface area contributed by atoms with Gasteiger partial charge in [-0.25, -0.2) is 4.98 Å². The minimum absolute atomic E-state index is 0.0238. The standard InChI is InChI=1S/C13H15N3O3S/c1-7-8-10(17)15-6-16-12(8)20-9(7)11(18)14-3-13(2)4-19-5-13/h6H,3-5H2,1-2H3,(H,14,18)(H,15,16,17). The molecule has 0 saturated carbocycles. The van der Waals surface area contributed by atoms with Gasteiger partial charge in [-0.15, -0.1) is 11.3 Å². The van der Waals surface area contributed by atoms with E-state index < -0.39 is 0 Å². The maximum Gasteiger partial charge on any atom is 0.261 e. The number of carbonyl (C=O) groups excluding carboxylic acids is 1. The van der Waals surface area contributed by atoms with Gasteiger partial charge >= 0.3 is 0 Å². The summed E-state index contributed by atoms with van der Waals surface area (Å²) < 4.78 is 5.16. The first kappa shape index (κ1) is 13.3. The summed E-state index contributed by atoms with van der Waals surface area (Å²) in [4.78, 5) is 31.8. The van der Waals surface area contributed by atoms with E-state index in [0.717, 1.165) is 0 Å². The van der Waals surface area contributed by atoms with E-state index in [1.807, 2.05) is 0 Å². The van der Waals surface area contributed by atoms with Crippen LogP contribution in [0.25, 0.3) is 10.2 Å². The molecular weight excluding hydrogens is 278 g/mol. The summed E-state index contributed by atoms with van der Waals surface area (Å²) in [6.45, 7) is 5.75. The van der Waals surface area contributed by atoms with E-state index in [4.69, 9.17) is 4.74 Å². The predicted molar refractivity (Wildman–Crippen MR) is 76.2 cm³/mol. The molecule has 0 spiro atoms. The van der Waals surface area contributed by atoms with Gasteiger partial charge in [-0.3, -0.25) is 9.59 Å². The molecule has 3 rings (SSSR count). The lowest BCUT2D eigenvalue weighted by Gasteiger charge is -2.37. The Morgan fingerprint density at radius 3 is 2.95 bits per heavy atom. The molecule has 1 fully saturated rings. The zero-order valence-corrected chi connectivity index (χ0v) is 12.1. The number of aromatic amines is 1. The molecular formula is C13H15N3O3S. The Balaban J connectivity index is 1.86. The summed E-state index contributed by atoms with van der Waals surface area (Å²) in [6.07, 6.45) is 1.36. The monoisotopic (exact) mass is 293 g/mol. The third-order valence-electron chi connectivity index (χ3n) is 3.52. The van der Waals surface area contributed by atoms with Crippen LogP contribution < -0.4 is 10.9 Å². The normalized spacial score (nSPS) is 16.9. The van der Waals surface area contributed by atoms with Crippen LogP contribution in [0.15, 0.2) is 11.1 Å². The molecule has 2 aromatic heterocycles. The van der Waals surface area contributed by atoms with Gasteiger partial charge in [0.05, 0.1) is 29.8 Å². The van der Waals surface area contributed by atoms with Gasteiger partial charge in [0.25, 0.3) is 11.5 Å². The van der Waals surface area contributed by atoms with Gasteiger partial charge < -0.3 is 15.0 Å². The number of H-pyrrole nitrogens is 1. The molecule has 0 radical (unpaired) electrons. The highest BCUT2D eigenvalue weighted by Crippen LogP contribution is 2.28. The van der Waals surface area contributed by atoms with Gasteiger partial charge in [-0.05, 0) is 12.5 Å². The first-order chi connectivity index (χ1) is 9.50. The number of ether oxygens (including phenoxy) is 1. The highest BCUT2D eigenvalue weighted by Gasteiger charge is 2.34. The molecule has 0 atom stereocenters. The molecule has 6 nitrogen and oxygen atoms in total. The Labute approximate surface area is 119 Å². The molecule has 2 N–H and O–H groups in total. The van der Waals surface area contributed by atoms with Crippen LogP contribution in [-0.4, -0.2) is 35.6 Å². The maximum absolute atomic E-state index is 12.3. The number of aromatic nitrogens is 2. The summed E-state index contributed by atoms with van der Waals surface area (Å²) in [5.41, 5.74) is 0.504. The summed E-state index contributed by atoms with van der Waals surface area (Å²) in [7, 11) is 0. The molecule has 3 heterocycles. The number of thiophene rings is 1. The van der Waals surface area contributed by atoms with E-state index in [1.165, 1.54) is 17.7 Å². The van der Waals surface area contributed by atoms with Crippen molar-refractivity contribution < 1.29 is 9.53 Å². The van der Waals surface area contributed by atoms with Crippen molar-refractivity contribution in [2.24, 2.45) is 5.41 Å². The molecule has 2 aromatic rings. The third-order valence-corrected chi connectivity index (χ3v) is 4.71. The second-order valence-electron chi connectivity index (χ2n) is 5.45. The number of amides is 1. The van der Waals surface area contributed by atoms with Crippen LogP contribution in [-0.2, 0) is 4.74 Å². The fourth-order valence-electron chi connectivity index (χ4n) is 2.22. The van der Waals surface area contributed by atoms with Crippen molar-refractivity contribution in [3.05, 3.63) is 27.1 Å². The van der Waals surface area contributed by atoms with Gasteiger partial charge in [-0.1, -0.05) is 6.92 Å². The number of carbonyl (C=O) groups is 1. The zero-order chi connectivity index (χ0) is 14.3. The van der Waals surface area contributed by atoms with Crippen molar-refractivity contribution in [2.75, 3.05) is 19.8 Å². The van der Waals surface area contributed by atoms with Gasteiger partial charge in [0.1, 0.15) is 4.83 Å². The predicted octanol–water partition coefficient (Wildman–Crippen LogP) is 1.06. The topological polar surface area (TPSA) is 84.1 Å². The largest absolute Gasteiger partial charge is 0.380 e. The van der Waals surface area contributed by atoms with E-state index in [-0.39, 0.29) is 16.9 Å². The van der Waals surface area contributed by atoms with E-state index in [2.05, 4.69) is 22.2 Å². The lowest BCUT2D eigenvalue weighted by Crippen LogP contribution is -2.48. The van der Waals surface area contributed by atoms with Gasteiger partial charge in [-0.2, -0.15) is 0 Å². The Kier molecular flexibility index (Phi) is 3.10. The van der Waals surface area contributed by atoms with Gasteiger partial charge in [0.2, 0.25) is 0 Å². The SMILES string of the molecule is Cc1c(C(=O)NCC2(C)COC2)sc2nc[nH]c(=O)c12. The first-order valence-corrected chi connectivity index (χ1v) is 7.15. The van der Waals surface area contributed by atoms with Gasteiger partial charge in [0, 0.05) is 12.0 Å². The van der Waals surface area contributed by atoms with E-state index in [9.17, 15) is 9.59 Å². The second kappa shape index (κ2) is 4.68. The highest BCUT2D eigenvalue weighted by atomic mass is 32.1. The molecule has 1 amide bonds. The second-order valence-corrected chi connectivity index (χ2v) is 6.45. The number of rotatable bonds is 3. The van der Waals surface area contributed by atoms with Crippen molar-refractivity contribution >= 4 is 27.5 Å². The number of nitrogens with zero attached hydrogens (tertiary/aromatic N) is 1. The molecule has 1 aliphatic heterocycles. The number of hydrogen-bond donors (Lipinski definition) is 2. The van der Waals surface area contributed by atoms with Crippen LogP contribution in [0.5, 0.6) is 0 Å². The molecule has 0 aromatic carbocycles. The fourth-order valence-corrected chi connectivity index (χ4v) is 3.29. The number of fused-ring (bicyclic) bond motifs is 1. The molecule has 106 valence electrons. The molecule has 1 saturated heterocycles. The number of nitrogens with one attached hydrogen (secondary N) is 2. The maximum atomic E-state index is 12.3. The van der Waals surface area contributed by atoms with Crippen molar-refractivity contribution in [1.82, 2.24) is 15.3 Å². The highest BCUT2D eigenvalue weighted by molar-refractivity contribution is 7.20. The average Bonchev–Trinajstić information content (AvgIpc) is 2.72. The van der Waals surface area contributed by atoms with Crippen molar-refractivity contribution in [3.63, 3.8) is 0 Å². The smallest absolute Gasteiger partial charge is 0.261 e. The van der Waals surface area contributed by atoms with Crippen LogP contribution in [0, 0.1) is 12.3 Å². The van der Waals surface area contributed by atoms with E-state index >= 15 is 0 Å². The molecule has 20 heavy (non-hydrogen) atoms. The van der Waals surface area contributed by atoms with E-state index in [0.29, 0.717) is 40.4 Å². The minimum atomic E-state index is -0.206. The molecule has 7 heteroatoms. The summed E-state index contributed by atoms with van der Waals surface area (Å²) in [5, 5.41) is 3.41. The van der Waals surface area contributed by atoms with Crippen LogP contribution >= 0.6 is 11.3 Å². The summed E-state index contributed by atoms with van der Waals surface area (Å²) in [6, 6.07) is 0. The van der Waals surface area contributed by atoms with E-state index in [1.54, 1.807) is 6.92 Å². The Morgan fingerprint density at radius 2 is 2.35 bits per heavy atom. The number of aryl methyl sites for hydroxylation is 1. The third kappa shape index (κ3) is 2.12. The Bertz CT molecular complexity index is 730. The summed E-state index contributed by atoms with van der Waals surface area (Å²) >= 11 is 1.25. The molecule has 1 aliphatic rings. The average molecular weight is 293 g/mol. The van der Waals surface area contributed by atoms with Crippen molar-refractivity contribution in [3.8, 4) is 0 Å². The van der Waals surface area contributed by atoms with Crippen LogP contribution in [0.1, 0.15) is 22.2 Å². The Hall–Kier alpha value is -1.73. The van der Waals surface area contributed by atoms with Crippen LogP contribution in [0.3, 0.4) is 0 Å². The van der Waals surface area contributed by atoms with Crippen molar-refractivity contribution in [2.45, 2.75) is 13.8 Å². The Morgan fingerprint density at radius 1 is 1.60 bits per heavy atom. The fraction of sp³-hybridized carbons (Fsp3) is 0.462. The molecule has 0 unspecified atom stereocenters. The minimum Gasteiger partial charge on any atom is -0.380 e. The summed E-state index contributed by atoms with van der Waals surface area (Å²) in [5.74, 6) is -0.155. The van der Waals surface area contributed by atoms with Crippen molar-refractivity contribution in [1.29, 1.82) is 0 Å². The van der Waals surface area contributed by atoms with Gasteiger partial charge in [0.15, 0.2) is 0 Å². The zero-order valence-electron chi connectivity index (χ0n) is 11.3. The van der Waals surface area contributed by atoms with Crippen LogP contribution in [0.2, 0.25) is 0 Å². The first-order valence-electron chi connectivity index (χ1n) is 6.33. The molecule has 0 aliphatic carbocycles. The molecule has 0 bridgehead atoms. The lowest BCUT2D eigenvalue weighted by molar-refractivity contribution is -0.0978. The quantitative estimate of drug-likeness (QED) is 0.886.